The standard InChI is InChI=1S/C23H26N4O6/c1-5-32-23(31)22(30)16(3)21(29)17-10-11-20(15(2)12-17)33-13-18-8-6-7-9-19(18)27(4)26-25-24-14-28/h6-12,14,16H,5,13H2,1-4H3,(H,24,26,28). The number of aryl methyl sites for hydroxylation is 1. The summed E-state index contributed by atoms with van der Waals surface area (Å²) in [6.45, 7) is 5.03. The summed E-state index contributed by atoms with van der Waals surface area (Å²) >= 11 is 0. The number of nitrogens with zero attached hydrogens (tertiary/aromatic N) is 3. The van der Waals surface area contributed by atoms with Crippen molar-refractivity contribution >= 4 is 29.6 Å². The van der Waals surface area contributed by atoms with E-state index in [0.29, 0.717) is 23.3 Å². The van der Waals surface area contributed by atoms with E-state index in [1.165, 1.54) is 11.9 Å². The van der Waals surface area contributed by atoms with Crippen LogP contribution in [0.1, 0.15) is 35.3 Å². The van der Waals surface area contributed by atoms with Crippen LogP contribution in [0.15, 0.2) is 52.9 Å². The van der Waals surface area contributed by atoms with Crippen molar-refractivity contribution in [3.05, 3.63) is 59.2 Å². The molecular formula is C23H26N4O6. The molecule has 0 saturated heterocycles. The summed E-state index contributed by atoms with van der Waals surface area (Å²) in [6, 6.07) is 12.2. The van der Waals surface area contributed by atoms with Crippen LogP contribution in [0, 0.1) is 12.8 Å². The second-order valence-electron chi connectivity index (χ2n) is 7.03. The third kappa shape index (κ3) is 6.70. The molecule has 10 nitrogen and oxygen atoms in total. The van der Waals surface area contributed by atoms with Crippen LogP contribution in [-0.4, -0.2) is 37.6 Å². The number of ether oxygens (including phenoxy) is 2. The summed E-state index contributed by atoms with van der Waals surface area (Å²) in [5.41, 5.74) is 4.64. The smallest absolute Gasteiger partial charge is 0.375 e. The van der Waals surface area contributed by atoms with Gasteiger partial charge < -0.3 is 9.47 Å². The van der Waals surface area contributed by atoms with Crippen LogP contribution in [0.2, 0.25) is 0 Å². The third-order valence-electron chi connectivity index (χ3n) is 4.74. The maximum Gasteiger partial charge on any atom is 0.375 e. The lowest BCUT2D eigenvalue weighted by Gasteiger charge is -2.17. The SMILES string of the molecule is CCOC(=O)C(=O)C(C)C(=O)c1ccc(OCc2ccccc2N(C)/N=N\NC=O)c(C)c1. The van der Waals surface area contributed by atoms with Gasteiger partial charge in [0.15, 0.2) is 5.78 Å². The van der Waals surface area contributed by atoms with Gasteiger partial charge in [0, 0.05) is 18.2 Å². The van der Waals surface area contributed by atoms with E-state index in [-0.39, 0.29) is 13.2 Å². The number of hydrogen-bond donors (Lipinski definition) is 1. The van der Waals surface area contributed by atoms with Crippen molar-refractivity contribution < 1.29 is 28.7 Å². The number of carbonyl (C=O) groups excluding carboxylic acids is 4. The molecule has 0 aliphatic carbocycles. The summed E-state index contributed by atoms with van der Waals surface area (Å²) < 4.78 is 10.6. The van der Waals surface area contributed by atoms with Crippen LogP contribution in [0.4, 0.5) is 5.69 Å². The van der Waals surface area contributed by atoms with Crippen molar-refractivity contribution in [2.24, 2.45) is 16.4 Å². The van der Waals surface area contributed by atoms with Crippen molar-refractivity contribution in [2.75, 3.05) is 18.7 Å². The van der Waals surface area contributed by atoms with Gasteiger partial charge in [-0.1, -0.05) is 18.2 Å². The van der Waals surface area contributed by atoms with Crippen molar-refractivity contribution in [1.29, 1.82) is 0 Å². The first-order valence-electron chi connectivity index (χ1n) is 10.2. The number of esters is 1. The Morgan fingerprint density at radius 1 is 1.18 bits per heavy atom. The highest BCUT2D eigenvalue weighted by molar-refractivity contribution is 6.39. The predicted molar refractivity (Wildman–Crippen MR) is 120 cm³/mol. The molecule has 0 aliphatic heterocycles. The molecule has 33 heavy (non-hydrogen) atoms. The van der Waals surface area contributed by atoms with Crippen LogP contribution >= 0.6 is 0 Å². The van der Waals surface area contributed by atoms with Gasteiger partial charge in [-0.25, -0.2) is 15.2 Å². The van der Waals surface area contributed by atoms with Gasteiger partial charge in [-0.05, 0) is 61.0 Å². The van der Waals surface area contributed by atoms with Crippen molar-refractivity contribution in [2.45, 2.75) is 27.4 Å². The molecule has 0 radical (unpaired) electrons. The largest absolute Gasteiger partial charge is 0.489 e. The molecule has 0 heterocycles. The third-order valence-corrected chi connectivity index (χ3v) is 4.74. The molecular weight excluding hydrogens is 428 g/mol. The van der Waals surface area contributed by atoms with Crippen molar-refractivity contribution in [1.82, 2.24) is 5.43 Å². The fourth-order valence-corrected chi connectivity index (χ4v) is 2.98. The summed E-state index contributed by atoms with van der Waals surface area (Å²) in [4.78, 5) is 46.7. The second-order valence-corrected chi connectivity index (χ2v) is 7.03. The molecule has 1 N–H and O–H groups in total. The Bertz CT molecular complexity index is 1050. The van der Waals surface area contributed by atoms with E-state index >= 15 is 0 Å². The Morgan fingerprint density at radius 2 is 1.91 bits per heavy atom. The molecule has 2 aromatic carbocycles. The number of anilines is 1. The van der Waals surface area contributed by atoms with Gasteiger partial charge in [0.05, 0.1) is 18.2 Å². The number of carbonyl (C=O) groups is 4. The first-order chi connectivity index (χ1) is 15.8. The maximum atomic E-state index is 12.6. The van der Waals surface area contributed by atoms with E-state index in [2.05, 4.69) is 20.6 Å². The van der Waals surface area contributed by atoms with E-state index in [4.69, 9.17) is 4.74 Å². The van der Waals surface area contributed by atoms with E-state index in [0.717, 1.165) is 11.3 Å². The van der Waals surface area contributed by atoms with Crippen molar-refractivity contribution in [3.8, 4) is 5.75 Å². The van der Waals surface area contributed by atoms with E-state index in [1.54, 1.807) is 39.1 Å². The highest BCUT2D eigenvalue weighted by atomic mass is 16.5. The number of amides is 1. The number of nitrogens with one attached hydrogen (secondary N) is 1. The van der Waals surface area contributed by atoms with Gasteiger partial charge in [-0.15, -0.1) is 0 Å². The minimum Gasteiger partial charge on any atom is -0.489 e. The topological polar surface area (TPSA) is 127 Å². The fourth-order valence-electron chi connectivity index (χ4n) is 2.98. The summed E-state index contributed by atoms with van der Waals surface area (Å²) in [5, 5.41) is 8.88. The molecule has 0 bridgehead atoms. The number of rotatable bonds is 12. The zero-order chi connectivity index (χ0) is 24.4. The number of ketones is 2. The lowest BCUT2D eigenvalue weighted by Crippen LogP contribution is -2.29. The normalized spacial score (nSPS) is 11.5. The van der Waals surface area contributed by atoms with Gasteiger partial charge in [-0.2, -0.15) is 0 Å². The molecule has 1 atom stereocenters. The van der Waals surface area contributed by atoms with E-state index in [9.17, 15) is 19.2 Å². The molecule has 1 unspecified atom stereocenters. The summed E-state index contributed by atoms with van der Waals surface area (Å²) in [7, 11) is 1.68. The highest BCUT2D eigenvalue weighted by Crippen LogP contribution is 2.25. The van der Waals surface area contributed by atoms with Crippen LogP contribution in [0.25, 0.3) is 0 Å². The Morgan fingerprint density at radius 3 is 2.58 bits per heavy atom. The number of para-hydroxylation sites is 1. The summed E-state index contributed by atoms with van der Waals surface area (Å²) in [6.07, 6.45) is 0.414. The van der Waals surface area contributed by atoms with E-state index in [1.807, 2.05) is 24.3 Å². The van der Waals surface area contributed by atoms with Gasteiger partial charge in [0.1, 0.15) is 12.4 Å². The molecule has 10 heteroatoms. The first-order valence-corrected chi connectivity index (χ1v) is 10.2. The van der Waals surface area contributed by atoms with Crippen LogP contribution in [0.5, 0.6) is 5.75 Å². The summed E-state index contributed by atoms with van der Waals surface area (Å²) in [5.74, 6) is -2.94. The molecule has 0 aliphatic rings. The van der Waals surface area contributed by atoms with Crippen LogP contribution in [-0.2, 0) is 25.7 Å². The first kappa shape index (κ1) is 25.2. The zero-order valence-electron chi connectivity index (χ0n) is 18.9. The molecule has 2 aromatic rings. The fraction of sp³-hybridized carbons (Fsp3) is 0.304. The number of hydrogen-bond acceptors (Lipinski definition) is 8. The molecule has 2 rings (SSSR count). The Hall–Kier alpha value is -4.08. The Balaban J connectivity index is 2.11. The molecule has 0 aromatic heterocycles. The maximum absolute atomic E-state index is 12.6. The minimum absolute atomic E-state index is 0.0635. The van der Waals surface area contributed by atoms with Crippen LogP contribution < -0.4 is 15.2 Å². The second kappa shape index (κ2) is 12.1. The highest BCUT2D eigenvalue weighted by Gasteiger charge is 2.29. The number of Topliss-reactive ketones (excluding diaryl/α,β-unsaturated/α-hetero) is 2. The van der Waals surface area contributed by atoms with Gasteiger partial charge in [0.25, 0.3) is 5.78 Å². The Labute approximate surface area is 191 Å². The average molecular weight is 454 g/mol. The molecule has 0 saturated carbocycles. The van der Waals surface area contributed by atoms with Crippen molar-refractivity contribution in [3.63, 3.8) is 0 Å². The average Bonchev–Trinajstić information content (AvgIpc) is 2.82. The predicted octanol–water partition coefficient (Wildman–Crippen LogP) is 2.99. The van der Waals surface area contributed by atoms with Gasteiger partial charge in [0.2, 0.25) is 6.41 Å². The minimum atomic E-state index is -1.14. The zero-order valence-corrected chi connectivity index (χ0v) is 18.9. The monoisotopic (exact) mass is 454 g/mol. The number of benzene rings is 2. The lowest BCUT2D eigenvalue weighted by molar-refractivity contribution is -0.154. The Kier molecular flexibility index (Phi) is 9.22. The molecule has 1 amide bonds. The van der Waals surface area contributed by atoms with Gasteiger partial charge >= 0.3 is 5.97 Å². The lowest BCUT2D eigenvalue weighted by atomic mass is 9.94. The van der Waals surface area contributed by atoms with Crippen LogP contribution in [0.3, 0.4) is 0 Å². The van der Waals surface area contributed by atoms with Gasteiger partial charge in [-0.3, -0.25) is 14.4 Å². The van der Waals surface area contributed by atoms with E-state index < -0.39 is 23.5 Å². The molecule has 0 spiro atoms. The molecule has 174 valence electrons. The quantitative estimate of drug-likeness (QED) is 0.0993. The molecule has 0 fully saturated rings.